The first-order valence-electron chi connectivity index (χ1n) is 18.5. The molecule has 1 aliphatic heterocycles. The van der Waals surface area contributed by atoms with E-state index in [9.17, 15) is 14.4 Å². The molecule has 2 saturated carbocycles. The Kier molecular flexibility index (Phi) is 12.5. The van der Waals surface area contributed by atoms with Gasteiger partial charge in [-0.25, -0.2) is 9.78 Å². The minimum atomic E-state index is -0.856. The number of oxazole rings is 1. The molecular formula is C39H51N5O5. The molecule has 10 nitrogen and oxygen atoms in total. The van der Waals surface area contributed by atoms with E-state index in [1.807, 2.05) is 42.5 Å². The molecule has 0 radical (unpaired) electrons. The number of pyridine rings is 1. The maximum Gasteiger partial charge on any atom is 0.318 e. The molecule has 3 heterocycles. The van der Waals surface area contributed by atoms with Crippen LogP contribution in [-0.4, -0.2) is 71.0 Å². The number of ether oxygens (including phenoxy) is 1. The van der Waals surface area contributed by atoms with Crippen LogP contribution in [-0.2, 0) is 22.4 Å². The number of carbonyl (C=O) groups is 3. The molecule has 3 aromatic rings. The van der Waals surface area contributed by atoms with Crippen molar-refractivity contribution in [3.63, 3.8) is 0 Å². The quantitative estimate of drug-likeness (QED) is 0.198. The lowest BCUT2D eigenvalue weighted by molar-refractivity contribution is -0.124. The number of nitrogens with one attached hydrogen (secondary N) is 2. The number of carbonyl (C=O) groups excluding carboxylic acids is 3. The van der Waals surface area contributed by atoms with E-state index in [2.05, 4.69) is 15.6 Å². The van der Waals surface area contributed by atoms with Gasteiger partial charge >= 0.3 is 6.03 Å². The second-order valence-corrected chi connectivity index (χ2v) is 14.0. The lowest BCUT2D eigenvalue weighted by Gasteiger charge is -2.31. The zero-order valence-electron chi connectivity index (χ0n) is 28.6. The van der Waals surface area contributed by atoms with E-state index in [-0.39, 0.29) is 23.5 Å². The van der Waals surface area contributed by atoms with E-state index in [0.717, 1.165) is 49.7 Å². The largest absolute Gasteiger partial charge is 0.433 e. The average molecular weight is 670 g/mol. The van der Waals surface area contributed by atoms with Crippen molar-refractivity contribution in [1.29, 1.82) is 0 Å². The lowest BCUT2D eigenvalue weighted by Crippen LogP contribution is -2.56. The van der Waals surface area contributed by atoms with Crippen LogP contribution in [0.15, 0.2) is 59.3 Å². The number of amides is 3. The Bertz CT molecular complexity index is 1490. The number of Topliss-reactive ketones (excluding diaryl/α,β-unsaturated/α-hetero) is 1. The molecule has 1 aromatic carbocycles. The van der Waals surface area contributed by atoms with Crippen LogP contribution in [0.1, 0.15) is 98.9 Å². The van der Waals surface area contributed by atoms with Gasteiger partial charge in [0.25, 0.3) is 0 Å². The Morgan fingerprint density at radius 1 is 0.816 bits per heavy atom. The van der Waals surface area contributed by atoms with Crippen molar-refractivity contribution in [3.8, 4) is 11.5 Å². The first-order chi connectivity index (χ1) is 24.0. The summed E-state index contributed by atoms with van der Waals surface area (Å²) in [5, 5.41) is 6.17. The van der Waals surface area contributed by atoms with E-state index >= 15 is 0 Å². The summed E-state index contributed by atoms with van der Waals surface area (Å²) in [5.74, 6) is 0.769. The molecule has 3 fully saturated rings. The molecule has 2 aromatic heterocycles. The number of morpholine rings is 1. The predicted molar refractivity (Wildman–Crippen MR) is 187 cm³/mol. The number of hydrogen-bond acceptors (Lipinski definition) is 7. The maximum atomic E-state index is 14.6. The van der Waals surface area contributed by atoms with Gasteiger partial charge in [0.15, 0.2) is 5.76 Å². The highest BCUT2D eigenvalue weighted by molar-refractivity contribution is 6.01. The summed E-state index contributed by atoms with van der Waals surface area (Å²) in [6, 6.07) is 11.8. The summed E-state index contributed by atoms with van der Waals surface area (Å²) in [4.78, 5) is 52.9. The molecular weight excluding hydrogens is 618 g/mol. The van der Waals surface area contributed by atoms with E-state index in [4.69, 9.17) is 14.1 Å². The molecule has 10 heteroatoms. The highest BCUT2D eigenvalue weighted by Crippen LogP contribution is 2.31. The second-order valence-electron chi connectivity index (χ2n) is 14.0. The first-order valence-corrected chi connectivity index (χ1v) is 18.5. The van der Waals surface area contributed by atoms with Crippen LogP contribution in [0.4, 0.5) is 4.79 Å². The number of aromatic nitrogens is 2. The number of aryl methyl sites for hydroxylation is 1. The van der Waals surface area contributed by atoms with Crippen molar-refractivity contribution in [2.45, 2.75) is 102 Å². The molecule has 2 unspecified atom stereocenters. The number of ketones is 1. The van der Waals surface area contributed by atoms with Gasteiger partial charge in [0.2, 0.25) is 17.6 Å². The Morgan fingerprint density at radius 3 is 2.18 bits per heavy atom. The van der Waals surface area contributed by atoms with Gasteiger partial charge in [-0.15, -0.1) is 0 Å². The van der Waals surface area contributed by atoms with Gasteiger partial charge in [-0.1, -0.05) is 94.5 Å². The SMILES string of the molecule is O=C(NC(CCc1ccccc1)C(=O)c1oc(-c2ccncc2)nc1CC1CCCCC1)C(CC1CCCCC1)NC(=O)N1CCOCC1. The van der Waals surface area contributed by atoms with Crippen LogP contribution in [0, 0.1) is 11.8 Å². The lowest BCUT2D eigenvalue weighted by atomic mass is 9.84. The van der Waals surface area contributed by atoms with Gasteiger partial charge in [-0.2, -0.15) is 0 Å². The average Bonchev–Trinajstić information content (AvgIpc) is 3.58. The smallest absolute Gasteiger partial charge is 0.318 e. The molecule has 0 spiro atoms. The van der Waals surface area contributed by atoms with Crippen LogP contribution >= 0.6 is 0 Å². The van der Waals surface area contributed by atoms with Crippen LogP contribution < -0.4 is 10.6 Å². The molecule has 1 saturated heterocycles. The molecule has 0 bridgehead atoms. The zero-order chi connectivity index (χ0) is 33.8. The fourth-order valence-electron chi connectivity index (χ4n) is 7.61. The van der Waals surface area contributed by atoms with E-state index in [0.29, 0.717) is 75.4 Å². The van der Waals surface area contributed by atoms with Crippen LogP contribution in [0.2, 0.25) is 0 Å². The number of nitrogens with zero attached hydrogens (tertiary/aromatic N) is 3. The molecule has 2 N–H and O–H groups in total. The van der Waals surface area contributed by atoms with E-state index in [1.54, 1.807) is 17.3 Å². The van der Waals surface area contributed by atoms with Crippen molar-refractivity contribution in [2.24, 2.45) is 11.8 Å². The van der Waals surface area contributed by atoms with Crippen molar-refractivity contribution in [3.05, 3.63) is 71.9 Å². The molecule has 3 amide bonds. The molecule has 3 aliphatic rings. The highest BCUT2D eigenvalue weighted by atomic mass is 16.5. The standard InChI is InChI=1S/C39H51N5O5/c45-35(36-33(26-29-12-6-2-7-13-29)42-38(49-36)31-18-20-40-21-19-31)32(17-16-28-10-4-1-5-11-28)41-37(46)34(27-30-14-8-3-9-15-30)43-39(47)44-22-24-48-25-23-44/h1,4-5,10-11,18-21,29-30,32,34H,2-3,6-9,12-17,22-27H2,(H,41,46)(H,43,47). The molecule has 6 rings (SSSR count). The monoisotopic (exact) mass is 669 g/mol. The predicted octanol–water partition coefficient (Wildman–Crippen LogP) is 6.54. The third-order valence-corrected chi connectivity index (χ3v) is 10.5. The fraction of sp³-hybridized carbons (Fsp3) is 0.564. The number of benzene rings is 1. The van der Waals surface area contributed by atoms with Crippen LogP contribution in [0.25, 0.3) is 11.5 Å². The van der Waals surface area contributed by atoms with Gasteiger partial charge in [0, 0.05) is 31.0 Å². The molecule has 2 atom stereocenters. The summed E-state index contributed by atoms with van der Waals surface area (Å²) in [6.07, 6.45) is 16.9. The second kappa shape index (κ2) is 17.6. The van der Waals surface area contributed by atoms with Crippen molar-refractivity contribution in [2.75, 3.05) is 26.3 Å². The third-order valence-electron chi connectivity index (χ3n) is 10.5. The number of urea groups is 1. The topological polar surface area (TPSA) is 127 Å². The third kappa shape index (κ3) is 9.78. The minimum absolute atomic E-state index is 0.219. The number of hydrogen-bond donors (Lipinski definition) is 2. The van der Waals surface area contributed by atoms with Crippen molar-refractivity contribution >= 4 is 17.7 Å². The summed E-state index contributed by atoms with van der Waals surface area (Å²) >= 11 is 0. The maximum absolute atomic E-state index is 14.6. The van der Waals surface area contributed by atoms with Gasteiger partial charge < -0.3 is 24.7 Å². The molecule has 2 aliphatic carbocycles. The van der Waals surface area contributed by atoms with Crippen molar-refractivity contribution in [1.82, 2.24) is 25.5 Å². The van der Waals surface area contributed by atoms with E-state index < -0.39 is 12.1 Å². The first kappa shape index (κ1) is 34.8. The highest BCUT2D eigenvalue weighted by Gasteiger charge is 2.34. The van der Waals surface area contributed by atoms with Gasteiger partial charge in [-0.05, 0) is 55.2 Å². The van der Waals surface area contributed by atoms with Gasteiger partial charge in [0.1, 0.15) is 6.04 Å². The van der Waals surface area contributed by atoms with Crippen LogP contribution in [0.3, 0.4) is 0 Å². The Hall–Kier alpha value is -4.05. The zero-order valence-corrected chi connectivity index (χ0v) is 28.6. The normalized spacial score (nSPS) is 18.8. The minimum Gasteiger partial charge on any atom is -0.433 e. The van der Waals surface area contributed by atoms with Crippen molar-refractivity contribution < 1.29 is 23.5 Å². The number of rotatable bonds is 13. The van der Waals surface area contributed by atoms with Gasteiger partial charge in [-0.3, -0.25) is 14.6 Å². The Balaban J connectivity index is 1.27. The summed E-state index contributed by atoms with van der Waals surface area (Å²) in [6.45, 7) is 1.92. The summed E-state index contributed by atoms with van der Waals surface area (Å²) in [7, 11) is 0. The fourth-order valence-corrected chi connectivity index (χ4v) is 7.61. The Morgan fingerprint density at radius 2 is 1.49 bits per heavy atom. The van der Waals surface area contributed by atoms with E-state index in [1.165, 1.54) is 25.7 Å². The van der Waals surface area contributed by atoms with Crippen LogP contribution in [0.5, 0.6) is 0 Å². The summed E-state index contributed by atoms with van der Waals surface area (Å²) in [5.41, 5.74) is 2.48. The van der Waals surface area contributed by atoms with Gasteiger partial charge in [0.05, 0.1) is 24.9 Å². The summed E-state index contributed by atoms with van der Waals surface area (Å²) < 4.78 is 11.8. The Labute approximate surface area is 289 Å². The molecule has 49 heavy (non-hydrogen) atoms. The molecule has 262 valence electrons.